The predicted octanol–water partition coefficient (Wildman–Crippen LogP) is 5.29. The summed E-state index contributed by atoms with van der Waals surface area (Å²) in [5.74, 6) is 0.543. The first-order chi connectivity index (χ1) is 9.42. The maximum Gasteiger partial charge on any atom is 0.0887 e. The lowest BCUT2D eigenvalue weighted by Gasteiger charge is -2.23. The molecule has 0 N–H and O–H groups in total. The normalized spacial score (nSPS) is 24.5. The number of rotatable bonds is 5. The van der Waals surface area contributed by atoms with Gasteiger partial charge in [-0.15, -0.1) is 0 Å². The average molecular weight is 258 g/mol. The molecule has 1 nitrogen and oxygen atoms in total. The van der Waals surface area contributed by atoms with E-state index in [1.54, 1.807) is 0 Å². The molecule has 1 saturated heterocycles. The van der Waals surface area contributed by atoms with Crippen LogP contribution in [0.3, 0.4) is 0 Å². The smallest absolute Gasteiger partial charge is 0.0887 e. The van der Waals surface area contributed by atoms with E-state index < -0.39 is 0 Å². The van der Waals surface area contributed by atoms with Crippen LogP contribution in [0, 0.1) is 5.92 Å². The molecule has 0 amide bonds. The molecule has 0 spiro atoms. The molecule has 1 heteroatoms. The van der Waals surface area contributed by atoms with Crippen LogP contribution in [-0.2, 0) is 4.74 Å². The molecular formula is C18H26O. The van der Waals surface area contributed by atoms with Gasteiger partial charge in [0.2, 0.25) is 0 Å². The first-order valence-electron chi connectivity index (χ1n) is 7.75. The minimum absolute atomic E-state index is 0.251. The fraction of sp³-hybridized carbons (Fsp3) is 0.556. The van der Waals surface area contributed by atoms with E-state index in [4.69, 9.17) is 4.74 Å². The van der Waals surface area contributed by atoms with Gasteiger partial charge in [-0.05, 0) is 24.8 Å². The molecule has 1 aliphatic rings. The van der Waals surface area contributed by atoms with Crippen LogP contribution in [-0.4, -0.2) is 6.61 Å². The molecule has 19 heavy (non-hydrogen) atoms. The van der Waals surface area contributed by atoms with Gasteiger partial charge >= 0.3 is 0 Å². The third kappa shape index (κ3) is 4.50. The number of unbranched alkanes of at least 4 members (excludes halogenated alkanes) is 2. The van der Waals surface area contributed by atoms with Gasteiger partial charge in [0.15, 0.2) is 0 Å². The van der Waals surface area contributed by atoms with E-state index in [9.17, 15) is 0 Å². The minimum Gasteiger partial charge on any atom is -0.373 e. The molecular weight excluding hydrogens is 232 g/mol. The third-order valence-corrected chi connectivity index (χ3v) is 3.85. The maximum atomic E-state index is 6.11. The molecule has 0 radical (unpaired) electrons. The van der Waals surface area contributed by atoms with Gasteiger partial charge in [-0.1, -0.05) is 68.7 Å². The molecule has 1 aliphatic heterocycles. The van der Waals surface area contributed by atoms with Gasteiger partial charge < -0.3 is 4.74 Å². The van der Waals surface area contributed by atoms with Crippen LogP contribution in [0.5, 0.6) is 0 Å². The predicted molar refractivity (Wildman–Crippen MR) is 81.1 cm³/mol. The fourth-order valence-corrected chi connectivity index (χ4v) is 2.74. The maximum absolute atomic E-state index is 6.11. The highest BCUT2D eigenvalue weighted by atomic mass is 16.5. The highest BCUT2D eigenvalue weighted by Gasteiger charge is 2.23. The molecule has 104 valence electrons. The van der Waals surface area contributed by atoms with Gasteiger partial charge in [-0.3, -0.25) is 0 Å². The number of ether oxygens (including phenoxy) is 1. The summed E-state index contributed by atoms with van der Waals surface area (Å²) in [4.78, 5) is 0. The molecule has 2 rings (SSSR count). The van der Waals surface area contributed by atoms with Crippen molar-refractivity contribution in [2.45, 2.75) is 51.6 Å². The Balaban J connectivity index is 2.05. The van der Waals surface area contributed by atoms with Crippen molar-refractivity contribution in [2.75, 3.05) is 6.61 Å². The van der Waals surface area contributed by atoms with E-state index in [1.807, 2.05) is 0 Å². The van der Waals surface area contributed by atoms with Crippen LogP contribution < -0.4 is 0 Å². The van der Waals surface area contributed by atoms with Crippen molar-refractivity contribution < 1.29 is 4.74 Å². The lowest BCUT2D eigenvalue weighted by atomic mass is 9.91. The highest BCUT2D eigenvalue weighted by molar-refractivity contribution is 5.20. The van der Waals surface area contributed by atoms with Gasteiger partial charge in [0.1, 0.15) is 0 Å². The Kier molecular flexibility index (Phi) is 6.16. The van der Waals surface area contributed by atoms with E-state index in [0.717, 1.165) is 6.61 Å². The van der Waals surface area contributed by atoms with Crippen molar-refractivity contribution in [3.8, 4) is 0 Å². The number of hydrogen-bond donors (Lipinski definition) is 0. The van der Waals surface area contributed by atoms with Crippen molar-refractivity contribution >= 4 is 0 Å². The number of benzene rings is 1. The number of allylic oxidation sites excluding steroid dienone is 1. The second-order valence-electron chi connectivity index (χ2n) is 5.43. The monoisotopic (exact) mass is 258 g/mol. The fourth-order valence-electron chi connectivity index (χ4n) is 2.74. The first-order valence-corrected chi connectivity index (χ1v) is 7.75. The Bertz CT molecular complexity index is 369. The average Bonchev–Trinajstić information content (AvgIpc) is 2.70. The van der Waals surface area contributed by atoms with Crippen LogP contribution >= 0.6 is 0 Å². The van der Waals surface area contributed by atoms with Gasteiger partial charge in [0, 0.05) is 12.5 Å². The molecule has 0 aliphatic carbocycles. The van der Waals surface area contributed by atoms with E-state index in [-0.39, 0.29) is 6.10 Å². The van der Waals surface area contributed by atoms with Crippen LogP contribution in [0.2, 0.25) is 0 Å². The van der Waals surface area contributed by atoms with Gasteiger partial charge in [-0.25, -0.2) is 0 Å². The molecule has 0 unspecified atom stereocenters. The summed E-state index contributed by atoms with van der Waals surface area (Å²) in [6, 6.07) is 10.7. The van der Waals surface area contributed by atoms with E-state index in [1.165, 1.54) is 44.1 Å². The minimum atomic E-state index is 0.251. The van der Waals surface area contributed by atoms with Crippen molar-refractivity contribution in [1.82, 2.24) is 0 Å². The van der Waals surface area contributed by atoms with Gasteiger partial charge in [0.25, 0.3) is 0 Å². The molecule has 1 heterocycles. The SMILES string of the molecule is CCCC/C=C/[C@@H]1CCCCO[C@H]1c1ccccc1. The zero-order valence-corrected chi connectivity index (χ0v) is 12.1. The molecule has 1 fully saturated rings. The van der Waals surface area contributed by atoms with Gasteiger partial charge in [-0.2, -0.15) is 0 Å². The second-order valence-corrected chi connectivity index (χ2v) is 5.43. The topological polar surface area (TPSA) is 9.23 Å². The zero-order valence-electron chi connectivity index (χ0n) is 12.1. The molecule has 1 aromatic carbocycles. The Morgan fingerprint density at radius 1 is 1.21 bits per heavy atom. The summed E-state index contributed by atoms with van der Waals surface area (Å²) in [7, 11) is 0. The Labute approximate surface area is 117 Å². The second kappa shape index (κ2) is 8.16. The molecule has 0 saturated carbocycles. The summed E-state index contributed by atoms with van der Waals surface area (Å²) in [5, 5.41) is 0. The Morgan fingerprint density at radius 3 is 2.84 bits per heavy atom. The van der Waals surface area contributed by atoms with Crippen molar-refractivity contribution in [3.05, 3.63) is 48.0 Å². The molecule has 1 aromatic rings. The van der Waals surface area contributed by atoms with Crippen LogP contribution in [0.25, 0.3) is 0 Å². The van der Waals surface area contributed by atoms with Crippen molar-refractivity contribution in [3.63, 3.8) is 0 Å². The molecule has 2 atom stereocenters. The lowest BCUT2D eigenvalue weighted by Crippen LogP contribution is -2.12. The first kappa shape index (κ1) is 14.3. The third-order valence-electron chi connectivity index (χ3n) is 3.85. The lowest BCUT2D eigenvalue weighted by molar-refractivity contribution is 0.0371. The van der Waals surface area contributed by atoms with Crippen molar-refractivity contribution in [2.24, 2.45) is 5.92 Å². The summed E-state index contributed by atoms with van der Waals surface area (Å²) in [6.07, 6.45) is 12.5. The van der Waals surface area contributed by atoms with Crippen molar-refractivity contribution in [1.29, 1.82) is 0 Å². The number of hydrogen-bond acceptors (Lipinski definition) is 1. The standard InChI is InChI=1S/C18H26O/c1-2-3-4-6-11-17-14-9-10-15-19-18(17)16-12-7-5-8-13-16/h5-8,11-13,17-18H,2-4,9-10,14-15H2,1H3/b11-6+/t17-,18+/m1/s1. The summed E-state index contributed by atoms with van der Waals surface area (Å²) in [5.41, 5.74) is 1.33. The molecule has 0 bridgehead atoms. The largest absolute Gasteiger partial charge is 0.373 e. The quantitative estimate of drug-likeness (QED) is 0.515. The van der Waals surface area contributed by atoms with Crippen LogP contribution in [0.4, 0.5) is 0 Å². The van der Waals surface area contributed by atoms with E-state index >= 15 is 0 Å². The zero-order chi connectivity index (χ0) is 13.3. The Hall–Kier alpha value is -1.08. The van der Waals surface area contributed by atoms with E-state index in [0.29, 0.717) is 5.92 Å². The van der Waals surface area contributed by atoms with E-state index in [2.05, 4.69) is 49.4 Å². The summed E-state index contributed by atoms with van der Waals surface area (Å²) < 4.78 is 6.11. The summed E-state index contributed by atoms with van der Waals surface area (Å²) >= 11 is 0. The highest BCUT2D eigenvalue weighted by Crippen LogP contribution is 2.33. The van der Waals surface area contributed by atoms with Crippen LogP contribution in [0.15, 0.2) is 42.5 Å². The Morgan fingerprint density at radius 2 is 2.05 bits per heavy atom. The molecule has 0 aromatic heterocycles. The summed E-state index contributed by atoms with van der Waals surface area (Å²) in [6.45, 7) is 3.15. The van der Waals surface area contributed by atoms with Gasteiger partial charge in [0.05, 0.1) is 6.10 Å². The van der Waals surface area contributed by atoms with Crippen LogP contribution in [0.1, 0.15) is 57.1 Å².